The van der Waals surface area contributed by atoms with Crippen molar-refractivity contribution >= 4 is 23.2 Å². The Labute approximate surface area is 373 Å². The number of benzene rings is 4. The molecular formula is C49H50F6N8O2. The molecule has 2 atom stereocenters. The van der Waals surface area contributed by atoms with Crippen LogP contribution in [0.15, 0.2) is 110 Å². The Morgan fingerprint density at radius 3 is 1.58 bits per heavy atom. The average molecular weight is 897 g/mol. The van der Waals surface area contributed by atoms with E-state index in [1.165, 1.54) is 19.1 Å². The van der Waals surface area contributed by atoms with Gasteiger partial charge in [-0.2, -0.15) is 10.2 Å². The molecule has 2 amide bonds. The number of likely N-dealkylation sites (tertiary alicyclic amines) is 1. The van der Waals surface area contributed by atoms with E-state index in [1.54, 1.807) is 55.6 Å². The van der Waals surface area contributed by atoms with Crippen molar-refractivity contribution in [1.82, 2.24) is 29.8 Å². The highest BCUT2D eigenvalue weighted by molar-refractivity contribution is 6.09. The number of amides is 2. The van der Waals surface area contributed by atoms with E-state index in [-0.39, 0.29) is 50.2 Å². The predicted molar refractivity (Wildman–Crippen MR) is 237 cm³/mol. The first-order valence-electron chi connectivity index (χ1n) is 21.6. The van der Waals surface area contributed by atoms with Crippen molar-refractivity contribution in [1.29, 1.82) is 0 Å². The number of nitrogens with one attached hydrogen (secondary N) is 1. The van der Waals surface area contributed by atoms with E-state index in [9.17, 15) is 31.5 Å². The molecule has 1 N–H and O–H groups in total. The largest absolute Gasteiger partial charge is 0.315 e. The third-order valence-electron chi connectivity index (χ3n) is 12.8. The molecule has 0 bridgehead atoms. The van der Waals surface area contributed by atoms with Crippen LogP contribution in [0, 0.1) is 11.6 Å². The van der Waals surface area contributed by atoms with Crippen molar-refractivity contribution in [3.8, 4) is 22.3 Å². The second-order valence-electron chi connectivity index (χ2n) is 17.0. The molecule has 0 saturated carbocycles. The number of anilines is 2. The van der Waals surface area contributed by atoms with Gasteiger partial charge >= 0.3 is 0 Å². The summed E-state index contributed by atoms with van der Waals surface area (Å²) in [6.45, 7) is 3.58. The van der Waals surface area contributed by atoms with Crippen LogP contribution < -0.4 is 15.1 Å². The molecule has 0 radical (unpaired) electrons. The number of hydrogen-bond acceptors (Lipinski definition) is 6. The molecule has 6 aromatic rings. The number of halogens is 6. The quantitative estimate of drug-likeness (QED) is 0.146. The number of carbonyl (C=O) groups excluding carboxylic acids is 2. The fourth-order valence-corrected chi connectivity index (χ4v) is 9.44. The molecule has 2 saturated heterocycles. The highest BCUT2D eigenvalue weighted by Crippen LogP contribution is 2.48. The zero-order valence-corrected chi connectivity index (χ0v) is 36.3. The number of hydrogen-bond donors (Lipinski definition) is 1. The van der Waals surface area contributed by atoms with Crippen molar-refractivity contribution in [2.45, 2.75) is 63.0 Å². The molecule has 16 heteroatoms. The Hall–Kier alpha value is -6.26. The van der Waals surface area contributed by atoms with E-state index in [0.29, 0.717) is 36.2 Å². The van der Waals surface area contributed by atoms with Crippen molar-refractivity contribution < 1.29 is 35.9 Å². The summed E-state index contributed by atoms with van der Waals surface area (Å²) in [5, 5.41) is 11.6. The summed E-state index contributed by atoms with van der Waals surface area (Å²) in [5.41, 5.74) is 6.24. The van der Waals surface area contributed by atoms with E-state index >= 15 is 4.39 Å². The molecule has 0 aliphatic carbocycles. The van der Waals surface area contributed by atoms with E-state index in [1.807, 2.05) is 80.1 Å². The fourth-order valence-electron chi connectivity index (χ4n) is 9.44. The number of fused-ring (bicyclic) bond motifs is 4. The smallest absolute Gasteiger partial charge is 0.251 e. The molecule has 2 unspecified atom stereocenters. The molecule has 340 valence electrons. The van der Waals surface area contributed by atoms with Gasteiger partial charge in [0.25, 0.3) is 6.43 Å². The zero-order chi connectivity index (χ0) is 46.0. The van der Waals surface area contributed by atoms with Crippen LogP contribution in [-0.2, 0) is 47.6 Å². The van der Waals surface area contributed by atoms with Crippen LogP contribution in [0.25, 0.3) is 22.3 Å². The lowest BCUT2D eigenvalue weighted by Gasteiger charge is -2.25. The van der Waals surface area contributed by atoms with Crippen molar-refractivity contribution in [2.24, 2.45) is 14.1 Å². The minimum absolute atomic E-state index is 0.0278. The average Bonchev–Trinajstić information content (AvgIpc) is 4.17. The summed E-state index contributed by atoms with van der Waals surface area (Å²) in [6.07, 6.45) is 3.72. The van der Waals surface area contributed by atoms with Crippen molar-refractivity contribution in [2.75, 3.05) is 42.5 Å². The lowest BCUT2D eigenvalue weighted by atomic mass is 9.81. The first-order chi connectivity index (χ1) is 31.2. The Morgan fingerprint density at radius 1 is 0.662 bits per heavy atom. The number of alkyl halides is 4. The van der Waals surface area contributed by atoms with E-state index in [4.69, 9.17) is 0 Å². The summed E-state index contributed by atoms with van der Waals surface area (Å²) >= 11 is 0. The molecule has 4 aromatic carbocycles. The maximum atomic E-state index is 15.0. The standard InChI is InChI=1S/C24H23F3N4O.C22H21FN4O.C3H6F2/c1-29-12-18(11-28-29)16-6-7-17(20(25)10-16)13-31-21-5-3-2-4-19(21)24(23(31)32)8-9-30(15-24)14-22(26)27;1-26-12-17(11-25-26)15-6-7-16(19(23)10-15)13-27-20-5-3-2-4-18(20)22(21(27)28)8-9-24-14-22;1-2-3(4)5/h2-7,10-12,22H,8-9,13-15H2,1H3;2-7,10-12,24H,8-9,13-14H2,1H3;3H,2H2,1H3. The maximum absolute atomic E-state index is 15.0. The van der Waals surface area contributed by atoms with Gasteiger partial charge in [-0.05, 0) is 72.5 Å². The molecule has 2 fully saturated rings. The van der Waals surface area contributed by atoms with Crippen LogP contribution in [0.2, 0.25) is 0 Å². The Balaban J connectivity index is 0.000000162. The monoisotopic (exact) mass is 896 g/mol. The van der Waals surface area contributed by atoms with Crippen LogP contribution in [-0.4, -0.2) is 81.8 Å². The number of nitrogens with zero attached hydrogens (tertiary/aromatic N) is 7. The van der Waals surface area contributed by atoms with Gasteiger partial charge in [0.2, 0.25) is 18.2 Å². The van der Waals surface area contributed by atoms with Gasteiger partial charge in [0.15, 0.2) is 0 Å². The lowest BCUT2D eigenvalue weighted by Crippen LogP contribution is -2.42. The van der Waals surface area contributed by atoms with E-state index in [2.05, 4.69) is 15.5 Å². The Morgan fingerprint density at radius 2 is 1.15 bits per heavy atom. The van der Waals surface area contributed by atoms with Crippen LogP contribution in [0.4, 0.5) is 37.7 Å². The van der Waals surface area contributed by atoms with Crippen LogP contribution in [0.5, 0.6) is 0 Å². The second kappa shape index (κ2) is 18.7. The topological polar surface area (TPSA) is 91.5 Å². The van der Waals surface area contributed by atoms with Gasteiger partial charge < -0.3 is 15.1 Å². The first kappa shape index (κ1) is 45.3. The lowest BCUT2D eigenvalue weighted by molar-refractivity contribution is -0.123. The van der Waals surface area contributed by atoms with E-state index < -0.39 is 29.5 Å². The third kappa shape index (κ3) is 8.93. The summed E-state index contributed by atoms with van der Waals surface area (Å²) in [6, 6.07) is 25.5. The number of aryl methyl sites for hydroxylation is 2. The fraction of sp³-hybridized carbons (Fsp3) is 0.347. The summed E-state index contributed by atoms with van der Waals surface area (Å²) in [7, 11) is 3.63. The number of carbonyl (C=O) groups is 2. The molecule has 4 aliphatic heterocycles. The molecule has 2 spiro atoms. The molecule has 10 nitrogen and oxygen atoms in total. The Kier molecular flexibility index (Phi) is 13.0. The van der Waals surface area contributed by atoms with Gasteiger partial charge in [-0.1, -0.05) is 67.6 Å². The van der Waals surface area contributed by atoms with Crippen LogP contribution >= 0.6 is 0 Å². The minimum Gasteiger partial charge on any atom is -0.315 e. The summed E-state index contributed by atoms with van der Waals surface area (Å²) in [4.78, 5) is 31.9. The predicted octanol–water partition coefficient (Wildman–Crippen LogP) is 8.65. The van der Waals surface area contributed by atoms with Crippen LogP contribution in [0.1, 0.15) is 48.4 Å². The first-order valence-corrected chi connectivity index (χ1v) is 21.6. The Bertz CT molecular complexity index is 2680. The highest BCUT2D eigenvalue weighted by atomic mass is 19.3. The normalized spacial score (nSPS) is 19.9. The van der Waals surface area contributed by atoms with Gasteiger partial charge in [0.05, 0.1) is 42.9 Å². The number of para-hydroxylation sites is 2. The molecular weight excluding hydrogens is 847 g/mol. The summed E-state index contributed by atoms with van der Waals surface area (Å²) in [5.74, 6) is -0.791. The molecule has 65 heavy (non-hydrogen) atoms. The molecule has 6 heterocycles. The number of rotatable bonds is 9. The molecule has 10 rings (SSSR count). The van der Waals surface area contributed by atoms with Crippen molar-refractivity contribution in [3.05, 3.63) is 144 Å². The number of aromatic nitrogens is 4. The second-order valence-corrected chi connectivity index (χ2v) is 17.0. The van der Waals surface area contributed by atoms with E-state index in [0.717, 1.165) is 52.2 Å². The zero-order valence-electron chi connectivity index (χ0n) is 36.3. The maximum Gasteiger partial charge on any atom is 0.251 e. The van der Waals surface area contributed by atoms with Gasteiger partial charge in [0, 0.05) is 79.6 Å². The SMILES string of the molecule is CCC(F)F.Cn1cc(-c2ccc(CN3C(=O)C4(CCN(CC(F)F)C4)c4ccccc43)c(F)c2)cn1.Cn1cc(-c2ccc(CN3C(=O)C4(CCNC4)c4ccccc43)c(F)c2)cn1. The summed E-state index contributed by atoms with van der Waals surface area (Å²) < 4.78 is 80.6. The van der Waals surface area contributed by atoms with Crippen molar-refractivity contribution in [3.63, 3.8) is 0 Å². The van der Waals surface area contributed by atoms with Gasteiger partial charge in [-0.25, -0.2) is 26.3 Å². The van der Waals surface area contributed by atoms with Gasteiger partial charge in [-0.3, -0.25) is 23.9 Å². The van der Waals surface area contributed by atoms with Gasteiger partial charge in [-0.15, -0.1) is 0 Å². The highest BCUT2D eigenvalue weighted by Gasteiger charge is 2.55. The van der Waals surface area contributed by atoms with Crippen LogP contribution in [0.3, 0.4) is 0 Å². The molecule has 4 aliphatic rings. The van der Waals surface area contributed by atoms with Gasteiger partial charge in [0.1, 0.15) is 11.6 Å². The molecule has 2 aromatic heterocycles. The minimum atomic E-state index is -2.44. The third-order valence-corrected chi connectivity index (χ3v) is 12.8.